The van der Waals surface area contributed by atoms with Gasteiger partial charge in [0.25, 0.3) is 0 Å². The van der Waals surface area contributed by atoms with E-state index < -0.39 is 0 Å². The van der Waals surface area contributed by atoms with E-state index in [0.29, 0.717) is 0 Å². The molecule has 0 bridgehead atoms. The lowest BCUT2D eigenvalue weighted by atomic mass is 10.1. The molecule has 0 rings (SSSR count). The number of carbonyl (C=O) groups excluding carboxylic acids is 1. The van der Waals surface area contributed by atoms with Gasteiger partial charge in [0, 0.05) is 13.1 Å². The monoisotopic (exact) mass is 186 g/mol. The number of unbranched alkanes of at least 4 members (excludes halogenated alkanes) is 4. The number of carbonyl (C=O) groups is 1. The van der Waals surface area contributed by atoms with Crippen LogP contribution in [0.1, 0.15) is 46.0 Å². The van der Waals surface area contributed by atoms with E-state index in [-0.39, 0.29) is 6.03 Å². The van der Waals surface area contributed by atoms with Crippen LogP contribution in [-0.4, -0.2) is 24.0 Å². The van der Waals surface area contributed by atoms with E-state index in [9.17, 15) is 4.79 Å². The van der Waals surface area contributed by atoms with E-state index >= 15 is 0 Å². The maximum Gasteiger partial charge on any atom is 0.314 e. The van der Waals surface area contributed by atoms with Crippen LogP contribution in [0.15, 0.2) is 0 Å². The summed E-state index contributed by atoms with van der Waals surface area (Å²) in [5.74, 6) is 0. The Morgan fingerprint density at radius 1 is 1.15 bits per heavy atom. The highest BCUT2D eigenvalue weighted by atomic mass is 16.2. The Morgan fingerprint density at radius 3 is 2.23 bits per heavy atom. The standard InChI is InChI=1S/C10H22N2O/c1-3-5-6-7-8-9-12(4-2)10(11)13/h3-9H2,1-2H3,(H2,11,13). The first kappa shape index (κ1) is 12.3. The van der Waals surface area contributed by atoms with Crippen LogP contribution >= 0.6 is 0 Å². The molecule has 78 valence electrons. The van der Waals surface area contributed by atoms with Crippen LogP contribution in [0, 0.1) is 0 Å². The van der Waals surface area contributed by atoms with E-state index in [1.165, 1.54) is 25.7 Å². The molecule has 2 amide bonds. The summed E-state index contributed by atoms with van der Waals surface area (Å²) in [6.45, 7) is 5.69. The molecule has 0 saturated heterocycles. The van der Waals surface area contributed by atoms with Crippen LogP contribution < -0.4 is 5.73 Å². The molecule has 0 aromatic heterocycles. The fourth-order valence-electron chi connectivity index (χ4n) is 1.33. The van der Waals surface area contributed by atoms with Crippen molar-refractivity contribution in [2.24, 2.45) is 5.73 Å². The van der Waals surface area contributed by atoms with Gasteiger partial charge >= 0.3 is 6.03 Å². The second kappa shape index (κ2) is 7.90. The van der Waals surface area contributed by atoms with E-state index in [1.54, 1.807) is 4.90 Å². The number of nitrogens with zero attached hydrogens (tertiary/aromatic N) is 1. The van der Waals surface area contributed by atoms with Crippen molar-refractivity contribution in [1.29, 1.82) is 0 Å². The number of rotatable bonds is 7. The Balaban J connectivity index is 3.33. The van der Waals surface area contributed by atoms with Crippen molar-refractivity contribution in [3.63, 3.8) is 0 Å². The van der Waals surface area contributed by atoms with Gasteiger partial charge in [0.2, 0.25) is 0 Å². The van der Waals surface area contributed by atoms with Gasteiger partial charge in [-0.25, -0.2) is 4.79 Å². The number of nitrogens with two attached hydrogens (primary N) is 1. The Kier molecular flexibility index (Phi) is 7.45. The molecule has 0 heterocycles. The van der Waals surface area contributed by atoms with Gasteiger partial charge in [0.1, 0.15) is 0 Å². The highest BCUT2D eigenvalue weighted by Crippen LogP contribution is 2.03. The zero-order valence-corrected chi connectivity index (χ0v) is 8.88. The lowest BCUT2D eigenvalue weighted by molar-refractivity contribution is 0.209. The van der Waals surface area contributed by atoms with Crippen molar-refractivity contribution in [3.05, 3.63) is 0 Å². The van der Waals surface area contributed by atoms with Crippen molar-refractivity contribution in [3.8, 4) is 0 Å². The topological polar surface area (TPSA) is 46.3 Å². The second-order valence-electron chi connectivity index (χ2n) is 3.33. The van der Waals surface area contributed by atoms with Crippen LogP contribution in [0.25, 0.3) is 0 Å². The largest absolute Gasteiger partial charge is 0.351 e. The summed E-state index contributed by atoms with van der Waals surface area (Å²) < 4.78 is 0. The molecule has 0 aliphatic carbocycles. The molecule has 0 atom stereocenters. The molecule has 0 saturated carbocycles. The van der Waals surface area contributed by atoms with Gasteiger partial charge < -0.3 is 10.6 Å². The molecule has 3 nitrogen and oxygen atoms in total. The number of hydrogen-bond donors (Lipinski definition) is 1. The van der Waals surface area contributed by atoms with Crippen LogP contribution in [-0.2, 0) is 0 Å². The lowest BCUT2D eigenvalue weighted by Gasteiger charge is -2.17. The third kappa shape index (κ3) is 6.43. The number of hydrogen-bond acceptors (Lipinski definition) is 1. The van der Waals surface area contributed by atoms with Crippen molar-refractivity contribution in [2.45, 2.75) is 46.0 Å². The summed E-state index contributed by atoms with van der Waals surface area (Å²) in [6.07, 6.45) is 6.11. The van der Waals surface area contributed by atoms with E-state index in [4.69, 9.17) is 5.73 Å². The second-order valence-corrected chi connectivity index (χ2v) is 3.33. The molecule has 0 unspecified atom stereocenters. The lowest BCUT2D eigenvalue weighted by Crippen LogP contribution is -2.36. The fourth-order valence-corrected chi connectivity index (χ4v) is 1.33. The molecule has 0 spiro atoms. The molecule has 0 aromatic carbocycles. The summed E-state index contributed by atoms with van der Waals surface area (Å²) in [7, 11) is 0. The zero-order chi connectivity index (χ0) is 10.1. The smallest absolute Gasteiger partial charge is 0.314 e. The minimum atomic E-state index is -0.294. The van der Waals surface area contributed by atoms with Gasteiger partial charge in [0.05, 0.1) is 0 Å². The summed E-state index contributed by atoms with van der Waals surface area (Å²) in [6, 6.07) is -0.294. The molecule has 0 aliphatic heterocycles. The maximum atomic E-state index is 10.8. The summed E-state index contributed by atoms with van der Waals surface area (Å²) >= 11 is 0. The van der Waals surface area contributed by atoms with E-state index in [2.05, 4.69) is 6.92 Å². The molecule has 3 heteroatoms. The Labute approximate surface area is 81.3 Å². The van der Waals surface area contributed by atoms with Gasteiger partial charge in [-0.15, -0.1) is 0 Å². The fraction of sp³-hybridized carbons (Fsp3) is 0.900. The van der Waals surface area contributed by atoms with Gasteiger partial charge in [-0.2, -0.15) is 0 Å². The van der Waals surface area contributed by atoms with Crippen LogP contribution in [0.3, 0.4) is 0 Å². The molecule has 0 aromatic rings. The number of urea groups is 1. The number of amides is 2. The van der Waals surface area contributed by atoms with E-state index in [1.807, 2.05) is 6.92 Å². The van der Waals surface area contributed by atoms with Gasteiger partial charge in [0.15, 0.2) is 0 Å². The maximum absolute atomic E-state index is 10.8. The Bertz CT molecular complexity index is 137. The molecule has 0 fully saturated rings. The molecular formula is C10H22N2O. The van der Waals surface area contributed by atoms with Crippen LogP contribution in [0.4, 0.5) is 4.79 Å². The predicted octanol–water partition coefficient (Wildman–Crippen LogP) is 2.36. The third-order valence-electron chi connectivity index (χ3n) is 2.22. The highest BCUT2D eigenvalue weighted by molar-refractivity contribution is 5.71. The van der Waals surface area contributed by atoms with Crippen molar-refractivity contribution < 1.29 is 4.79 Å². The SMILES string of the molecule is CCCCCCCN(CC)C(N)=O. The average Bonchev–Trinajstić information content (AvgIpc) is 2.10. The molecule has 2 N–H and O–H groups in total. The summed E-state index contributed by atoms with van der Waals surface area (Å²) in [5, 5.41) is 0. The van der Waals surface area contributed by atoms with Gasteiger partial charge in [-0.1, -0.05) is 32.6 Å². The van der Waals surface area contributed by atoms with Gasteiger partial charge in [-0.3, -0.25) is 0 Å². The van der Waals surface area contributed by atoms with Crippen LogP contribution in [0.2, 0.25) is 0 Å². The van der Waals surface area contributed by atoms with Crippen molar-refractivity contribution >= 4 is 6.03 Å². The first-order chi connectivity index (χ1) is 6.22. The first-order valence-electron chi connectivity index (χ1n) is 5.26. The Hall–Kier alpha value is -0.730. The van der Waals surface area contributed by atoms with Crippen LogP contribution in [0.5, 0.6) is 0 Å². The zero-order valence-electron chi connectivity index (χ0n) is 8.88. The quantitative estimate of drug-likeness (QED) is 0.609. The molecule has 13 heavy (non-hydrogen) atoms. The summed E-state index contributed by atoms with van der Waals surface area (Å²) in [4.78, 5) is 12.5. The normalized spacial score (nSPS) is 10.0. The highest BCUT2D eigenvalue weighted by Gasteiger charge is 2.04. The van der Waals surface area contributed by atoms with Crippen molar-refractivity contribution in [2.75, 3.05) is 13.1 Å². The summed E-state index contributed by atoms with van der Waals surface area (Å²) in [5.41, 5.74) is 5.18. The molecular weight excluding hydrogens is 164 g/mol. The number of primary amides is 1. The predicted molar refractivity (Wildman–Crippen MR) is 55.6 cm³/mol. The van der Waals surface area contributed by atoms with Gasteiger partial charge in [-0.05, 0) is 13.3 Å². The molecule has 0 aliphatic rings. The minimum Gasteiger partial charge on any atom is -0.351 e. The van der Waals surface area contributed by atoms with Crippen molar-refractivity contribution in [1.82, 2.24) is 4.90 Å². The minimum absolute atomic E-state index is 0.294. The Morgan fingerprint density at radius 2 is 1.77 bits per heavy atom. The average molecular weight is 186 g/mol. The first-order valence-corrected chi connectivity index (χ1v) is 5.26. The molecule has 0 radical (unpaired) electrons. The van der Waals surface area contributed by atoms with E-state index in [0.717, 1.165) is 19.5 Å². The third-order valence-corrected chi connectivity index (χ3v) is 2.22.